The summed E-state index contributed by atoms with van der Waals surface area (Å²) in [6.07, 6.45) is 4.73. The largest absolute Gasteiger partial charge is 0.236 e. The Morgan fingerprint density at radius 3 is 2.83 bits per heavy atom. The minimum atomic E-state index is 0.741. The van der Waals surface area contributed by atoms with Crippen molar-refractivity contribution in [1.82, 2.24) is 19.7 Å². The molecule has 2 aromatic rings. The van der Waals surface area contributed by atoms with Crippen molar-refractivity contribution in [2.45, 2.75) is 4.90 Å². The molecule has 0 aliphatic carbocycles. The van der Waals surface area contributed by atoms with Crippen LogP contribution in [-0.4, -0.2) is 19.7 Å². The van der Waals surface area contributed by atoms with Gasteiger partial charge in [-0.1, -0.05) is 0 Å². The summed E-state index contributed by atoms with van der Waals surface area (Å²) in [6, 6.07) is 3.68. The zero-order valence-corrected chi connectivity index (χ0v) is 7.02. The Morgan fingerprint density at radius 1 is 1.33 bits per heavy atom. The minimum absolute atomic E-state index is 0.741. The summed E-state index contributed by atoms with van der Waals surface area (Å²) in [6.45, 7) is 0. The molecule has 4 nitrogen and oxygen atoms in total. The van der Waals surface area contributed by atoms with Crippen molar-refractivity contribution in [3.05, 3.63) is 31.0 Å². The molecule has 0 spiro atoms. The predicted molar refractivity (Wildman–Crippen MR) is 46.4 cm³/mol. The van der Waals surface area contributed by atoms with Gasteiger partial charge in [0.1, 0.15) is 12.7 Å². The maximum atomic E-state index is 4.12. The quantitative estimate of drug-likeness (QED) is 0.661. The van der Waals surface area contributed by atoms with E-state index in [1.165, 1.54) is 6.33 Å². The van der Waals surface area contributed by atoms with E-state index in [4.69, 9.17) is 0 Å². The third-order valence-corrected chi connectivity index (χ3v) is 1.65. The van der Waals surface area contributed by atoms with E-state index in [1.54, 1.807) is 17.2 Å². The van der Waals surface area contributed by atoms with Gasteiger partial charge in [0.25, 0.3) is 0 Å². The number of rotatable bonds is 1. The monoisotopic (exact) mass is 178 g/mol. The lowest BCUT2D eigenvalue weighted by Gasteiger charge is -1.97. The topological polar surface area (TPSA) is 43.6 Å². The third kappa shape index (κ3) is 1.31. The molecule has 0 saturated heterocycles. The van der Waals surface area contributed by atoms with E-state index in [2.05, 4.69) is 27.7 Å². The average Bonchev–Trinajstić information content (AvgIpc) is 2.58. The molecule has 0 aliphatic rings. The van der Waals surface area contributed by atoms with Crippen LogP contribution in [0.15, 0.2) is 35.9 Å². The van der Waals surface area contributed by atoms with Crippen LogP contribution in [0.5, 0.6) is 0 Å². The Morgan fingerprint density at radius 2 is 2.25 bits per heavy atom. The van der Waals surface area contributed by atoms with E-state index in [1.807, 2.05) is 12.1 Å². The molecular weight excluding hydrogens is 172 g/mol. The Kier molecular flexibility index (Phi) is 1.79. The molecule has 60 valence electrons. The summed E-state index contributed by atoms with van der Waals surface area (Å²) in [4.78, 5) is 8.75. The fourth-order valence-electron chi connectivity index (χ4n) is 0.840. The van der Waals surface area contributed by atoms with Crippen molar-refractivity contribution in [2.24, 2.45) is 0 Å². The molecule has 0 bridgehead atoms. The first-order chi connectivity index (χ1) is 5.86. The van der Waals surface area contributed by atoms with E-state index in [0.29, 0.717) is 0 Å². The number of pyridine rings is 1. The number of aromatic nitrogens is 4. The maximum Gasteiger partial charge on any atom is 0.155 e. The van der Waals surface area contributed by atoms with Crippen molar-refractivity contribution in [3.63, 3.8) is 0 Å². The van der Waals surface area contributed by atoms with Gasteiger partial charge in [0.15, 0.2) is 5.82 Å². The second-order valence-electron chi connectivity index (χ2n) is 2.21. The summed E-state index contributed by atoms with van der Waals surface area (Å²) in [7, 11) is 0. The minimum Gasteiger partial charge on any atom is -0.236 e. The molecule has 0 N–H and O–H groups in total. The van der Waals surface area contributed by atoms with Gasteiger partial charge < -0.3 is 0 Å². The smallest absolute Gasteiger partial charge is 0.155 e. The molecule has 2 rings (SSSR count). The summed E-state index contributed by atoms with van der Waals surface area (Å²) in [5.74, 6) is 0.741. The number of hydrogen-bond acceptors (Lipinski definition) is 4. The Balaban J connectivity index is 2.43. The van der Waals surface area contributed by atoms with Gasteiger partial charge in [-0.3, -0.25) is 0 Å². The molecule has 2 heterocycles. The highest BCUT2D eigenvalue weighted by atomic mass is 32.1. The molecule has 0 amide bonds. The Bertz CT molecular complexity index is 353. The first kappa shape index (κ1) is 7.30. The van der Waals surface area contributed by atoms with Gasteiger partial charge in [-0.2, -0.15) is 5.10 Å². The van der Waals surface area contributed by atoms with Crippen LogP contribution >= 0.6 is 12.6 Å². The Hall–Kier alpha value is -1.36. The zero-order chi connectivity index (χ0) is 8.39. The van der Waals surface area contributed by atoms with Crippen LogP contribution in [0.3, 0.4) is 0 Å². The fraction of sp³-hybridized carbons (Fsp3) is 0. The number of hydrogen-bond donors (Lipinski definition) is 1. The predicted octanol–water partition coefficient (Wildman–Crippen LogP) is 0.951. The standard InChI is InChI=1S/C7H6N4S/c12-6-1-2-7(9-3-6)11-5-8-4-10-11/h1-5,12H. The molecule has 12 heavy (non-hydrogen) atoms. The zero-order valence-electron chi connectivity index (χ0n) is 6.12. The van der Waals surface area contributed by atoms with Gasteiger partial charge in [-0.25, -0.2) is 14.6 Å². The second-order valence-corrected chi connectivity index (χ2v) is 2.73. The van der Waals surface area contributed by atoms with E-state index in [9.17, 15) is 0 Å². The van der Waals surface area contributed by atoms with Gasteiger partial charge in [0, 0.05) is 11.1 Å². The highest BCUT2D eigenvalue weighted by Crippen LogP contribution is 2.06. The van der Waals surface area contributed by atoms with Crippen molar-refractivity contribution in [1.29, 1.82) is 0 Å². The van der Waals surface area contributed by atoms with Crippen LogP contribution in [0.4, 0.5) is 0 Å². The summed E-state index contributed by atoms with van der Waals surface area (Å²) in [5.41, 5.74) is 0. The van der Waals surface area contributed by atoms with E-state index in [-0.39, 0.29) is 0 Å². The first-order valence-electron chi connectivity index (χ1n) is 3.36. The highest BCUT2D eigenvalue weighted by Gasteiger charge is 1.95. The van der Waals surface area contributed by atoms with Crippen LogP contribution in [0.2, 0.25) is 0 Å². The maximum absolute atomic E-state index is 4.12. The lowest BCUT2D eigenvalue weighted by Crippen LogP contribution is -1.96. The van der Waals surface area contributed by atoms with E-state index in [0.717, 1.165) is 10.7 Å². The molecule has 0 fully saturated rings. The van der Waals surface area contributed by atoms with E-state index < -0.39 is 0 Å². The van der Waals surface area contributed by atoms with Crippen LogP contribution in [-0.2, 0) is 0 Å². The molecule has 0 saturated carbocycles. The van der Waals surface area contributed by atoms with Crippen LogP contribution in [0, 0.1) is 0 Å². The molecule has 0 aliphatic heterocycles. The average molecular weight is 178 g/mol. The fourth-order valence-corrected chi connectivity index (χ4v) is 0.973. The second kappa shape index (κ2) is 2.94. The van der Waals surface area contributed by atoms with E-state index >= 15 is 0 Å². The van der Waals surface area contributed by atoms with Crippen molar-refractivity contribution >= 4 is 12.6 Å². The molecule has 0 atom stereocenters. The van der Waals surface area contributed by atoms with Crippen LogP contribution in [0.1, 0.15) is 0 Å². The highest BCUT2D eigenvalue weighted by molar-refractivity contribution is 7.80. The summed E-state index contributed by atoms with van der Waals surface area (Å²) < 4.78 is 1.59. The van der Waals surface area contributed by atoms with Gasteiger partial charge in [0.2, 0.25) is 0 Å². The van der Waals surface area contributed by atoms with Crippen molar-refractivity contribution < 1.29 is 0 Å². The van der Waals surface area contributed by atoms with Gasteiger partial charge in [-0.05, 0) is 12.1 Å². The number of thiol groups is 1. The third-order valence-electron chi connectivity index (χ3n) is 1.39. The Labute approximate surface area is 74.7 Å². The summed E-state index contributed by atoms with van der Waals surface area (Å²) >= 11 is 4.12. The molecule has 2 aromatic heterocycles. The van der Waals surface area contributed by atoms with Gasteiger partial charge >= 0.3 is 0 Å². The molecule has 5 heteroatoms. The lowest BCUT2D eigenvalue weighted by atomic mass is 10.5. The normalized spacial score (nSPS) is 10.1. The molecular formula is C7H6N4S. The molecule has 0 unspecified atom stereocenters. The molecule has 0 aromatic carbocycles. The number of nitrogens with zero attached hydrogens (tertiary/aromatic N) is 4. The van der Waals surface area contributed by atoms with Gasteiger partial charge in [-0.15, -0.1) is 12.6 Å². The van der Waals surface area contributed by atoms with Crippen LogP contribution < -0.4 is 0 Å². The summed E-state index contributed by atoms with van der Waals surface area (Å²) in [5, 5.41) is 3.93. The SMILES string of the molecule is Sc1ccc(-n2cncn2)nc1. The molecule has 0 radical (unpaired) electrons. The van der Waals surface area contributed by atoms with Crippen molar-refractivity contribution in [3.8, 4) is 5.82 Å². The van der Waals surface area contributed by atoms with Gasteiger partial charge in [0.05, 0.1) is 0 Å². The first-order valence-corrected chi connectivity index (χ1v) is 3.81. The van der Waals surface area contributed by atoms with Crippen LogP contribution in [0.25, 0.3) is 5.82 Å². The van der Waals surface area contributed by atoms with Crippen molar-refractivity contribution in [2.75, 3.05) is 0 Å². The lowest BCUT2D eigenvalue weighted by molar-refractivity contribution is 0.841.